The smallest absolute Gasteiger partial charge is 0.254 e. The van der Waals surface area contributed by atoms with Crippen molar-refractivity contribution >= 4 is 17.5 Å². The van der Waals surface area contributed by atoms with E-state index in [1.165, 1.54) is 6.20 Å². The number of carbonyl (C=O) groups excluding carboxylic acids is 1. The van der Waals surface area contributed by atoms with Crippen LogP contribution in [-0.4, -0.2) is 40.6 Å². The van der Waals surface area contributed by atoms with Gasteiger partial charge in [0.05, 0.1) is 0 Å². The minimum absolute atomic E-state index is 0.0414. The lowest BCUT2D eigenvalue weighted by Gasteiger charge is -2.16. The molecule has 1 aliphatic heterocycles. The fourth-order valence-corrected chi connectivity index (χ4v) is 2.06. The Labute approximate surface area is 98.9 Å². The number of hydrogen-bond donors (Lipinski definition) is 1. The van der Waals surface area contributed by atoms with Crippen LogP contribution >= 0.6 is 11.6 Å². The molecule has 2 rings (SSSR count). The summed E-state index contributed by atoms with van der Waals surface area (Å²) >= 11 is 5.73. The quantitative estimate of drug-likeness (QED) is 0.790. The van der Waals surface area contributed by atoms with Crippen molar-refractivity contribution in [3.8, 4) is 0 Å². The highest BCUT2D eigenvalue weighted by molar-refractivity contribution is 6.29. The first kappa shape index (κ1) is 11.4. The molecule has 1 aromatic heterocycles. The summed E-state index contributed by atoms with van der Waals surface area (Å²) in [6.07, 6.45) is 2.39. The first-order valence-electron chi connectivity index (χ1n) is 5.22. The van der Waals surface area contributed by atoms with Crippen molar-refractivity contribution in [2.75, 3.05) is 19.7 Å². The molecule has 4 nitrogen and oxygen atoms in total. The Morgan fingerprint density at radius 3 is 3.12 bits per heavy atom. The molecule has 5 heteroatoms. The molecule has 0 spiro atoms. The van der Waals surface area contributed by atoms with Crippen LogP contribution in [0.1, 0.15) is 16.8 Å². The van der Waals surface area contributed by atoms with Gasteiger partial charge < -0.3 is 10.0 Å². The van der Waals surface area contributed by atoms with E-state index in [9.17, 15) is 4.79 Å². The third-order valence-electron chi connectivity index (χ3n) is 2.80. The summed E-state index contributed by atoms with van der Waals surface area (Å²) in [5, 5.41) is 9.33. The standard InChI is InChI=1S/C11H13ClN2O2/c12-10-5-9(1-3-13-10)11(16)14-4-2-8(6-14)7-15/h1,3,5,8,15H,2,4,6-7H2/t8-/m0/s1. The largest absolute Gasteiger partial charge is 0.396 e. The summed E-state index contributed by atoms with van der Waals surface area (Å²) in [7, 11) is 0. The summed E-state index contributed by atoms with van der Waals surface area (Å²) in [5.41, 5.74) is 0.554. The van der Waals surface area contributed by atoms with E-state index in [2.05, 4.69) is 4.98 Å². The Balaban J connectivity index is 2.08. The maximum absolute atomic E-state index is 12.0. The number of amides is 1. The van der Waals surface area contributed by atoms with Gasteiger partial charge in [-0.15, -0.1) is 0 Å². The highest BCUT2D eigenvalue weighted by Crippen LogP contribution is 2.18. The zero-order valence-corrected chi connectivity index (χ0v) is 9.52. The van der Waals surface area contributed by atoms with Gasteiger partial charge in [0.25, 0.3) is 5.91 Å². The Morgan fingerprint density at radius 2 is 2.50 bits per heavy atom. The van der Waals surface area contributed by atoms with Crippen molar-refractivity contribution in [2.45, 2.75) is 6.42 Å². The third-order valence-corrected chi connectivity index (χ3v) is 3.01. The van der Waals surface area contributed by atoms with Gasteiger partial charge in [-0.25, -0.2) is 4.98 Å². The first-order chi connectivity index (χ1) is 7.70. The van der Waals surface area contributed by atoms with Crippen molar-refractivity contribution in [3.63, 3.8) is 0 Å². The molecule has 16 heavy (non-hydrogen) atoms. The average Bonchev–Trinajstić information content (AvgIpc) is 2.76. The molecule has 1 N–H and O–H groups in total. The summed E-state index contributed by atoms with van der Waals surface area (Å²) in [5.74, 6) is 0.168. The highest BCUT2D eigenvalue weighted by Gasteiger charge is 2.26. The van der Waals surface area contributed by atoms with Gasteiger partial charge in [-0.05, 0) is 18.6 Å². The maximum Gasteiger partial charge on any atom is 0.254 e. The van der Waals surface area contributed by atoms with Gasteiger partial charge in [-0.1, -0.05) is 11.6 Å². The minimum Gasteiger partial charge on any atom is -0.396 e. The van der Waals surface area contributed by atoms with Crippen molar-refractivity contribution in [3.05, 3.63) is 29.0 Å². The predicted molar refractivity (Wildman–Crippen MR) is 60.3 cm³/mol. The molecule has 0 aliphatic carbocycles. The van der Waals surface area contributed by atoms with Gasteiger partial charge in [0.1, 0.15) is 5.15 Å². The van der Waals surface area contributed by atoms with Gasteiger partial charge >= 0.3 is 0 Å². The van der Waals surface area contributed by atoms with Crippen LogP contribution in [0.25, 0.3) is 0 Å². The van der Waals surface area contributed by atoms with Crippen LogP contribution in [0.4, 0.5) is 0 Å². The molecule has 1 aliphatic rings. The lowest BCUT2D eigenvalue weighted by atomic mass is 10.1. The molecule has 0 radical (unpaired) electrons. The van der Waals surface area contributed by atoms with Gasteiger partial charge in [0.2, 0.25) is 0 Å². The van der Waals surface area contributed by atoms with Crippen LogP contribution in [0.3, 0.4) is 0 Å². The number of nitrogens with zero attached hydrogens (tertiary/aromatic N) is 2. The molecule has 1 amide bonds. The minimum atomic E-state index is -0.0414. The third kappa shape index (κ3) is 2.33. The molecule has 1 saturated heterocycles. The van der Waals surface area contributed by atoms with Gasteiger partial charge in [0.15, 0.2) is 0 Å². The number of pyridine rings is 1. The number of aliphatic hydroxyl groups is 1. The lowest BCUT2D eigenvalue weighted by Crippen LogP contribution is -2.29. The lowest BCUT2D eigenvalue weighted by molar-refractivity contribution is 0.0781. The van der Waals surface area contributed by atoms with Crippen LogP contribution in [0.15, 0.2) is 18.3 Å². The number of likely N-dealkylation sites (tertiary alicyclic amines) is 1. The Kier molecular flexibility index (Phi) is 3.41. The van der Waals surface area contributed by atoms with Crippen molar-refractivity contribution in [1.29, 1.82) is 0 Å². The summed E-state index contributed by atoms with van der Waals surface area (Å²) < 4.78 is 0. The second-order valence-electron chi connectivity index (χ2n) is 3.96. The van der Waals surface area contributed by atoms with Gasteiger partial charge in [-0.3, -0.25) is 4.79 Å². The van der Waals surface area contributed by atoms with Crippen LogP contribution in [0.5, 0.6) is 0 Å². The van der Waals surface area contributed by atoms with E-state index in [1.807, 2.05) is 0 Å². The molecule has 0 saturated carbocycles. The van der Waals surface area contributed by atoms with Gasteiger partial charge in [-0.2, -0.15) is 0 Å². The number of hydrogen-bond acceptors (Lipinski definition) is 3. The van der Waals surface area contributed by atoms with Crippen molar-refractivity contribution < 1.29 is 9.90 Å². The monoisotopic (exact) mass is 240 g/mol. The second-order valence-corrected chi connectivity index (χ2v) is 4.34. The molecule has 86 valence electrons. The van der Waals surface area contributed by atoms with E-state index in [1.54, 1.807) is 17.0 Å². The van der Waals surface area contributed by atoms with Crippen LogP contribution < -0.4 is 0 Å². The van der Waals surface area contributed by atoms with Crippen molar-refractivity contribution in [1.82, 2.24) is 9.88 Å². The normalized spacial score (nSPS) is 20.1. The van der Waals surface area contributed by atoms with E-state index in [-0.39, 0.29) is 18.4 Å². The van der Waals surface area contributed by atoms with E-state index in [0.717, 1.165) is 6.42 Å². The average molecular weight is 241 g/mol. The highest BCUT2D eigenvalue weighted by atomic mass is 35.5. The topological polar surface area (TPSA) is 53.4 Å². The molecular weight excluding hydrogens is 228 g/mol. The van der Waals surface area contributed by atoms with Gasteiger partial charge in [0, 0.05) is 37.4 Å². The van der Waals surface area contributed by atoms with E-state index < -0.39 is 0 Å². The van der Waals surface area contributed by atoms with E-state index in [4.69, 9.17) is 16.7 Å². The maximum atomic E-state index is 12.0. The zero-order valence-electron chi connectivity index (χ0n) is 8.77. The van der Waals surface area contributed by atoms with E-state index in [0.29, 0.717) is 23.8 Å². The predicted octanol–water partition coefficient (Wildman–Crippen LogP) is 1.19. The Hall–Kier alpha value is -1.13. The molecule has 1 aromatic rings. The first-order valence-corrected chi connectivity index (χ1v) is 5.60. The fourth-order valence-electron chi connectivity index (χ4n) is 1.88. The number of aromatic nitrogens is 1. The molecule has 0 bridgehead atoms. The number of rotatable bonds is 2. The van der Waals surface area contributed by atoms with Crippen LogP contribution in [-0.2, 0) is 0 Å². The zero-order chi connectivity index (χ0) is 11.5. The second kappa shape index (κ2) is 4.80. The molecule has 0 unspecified atom stereocenters. The Bertz CT molecular complexity index is 397. The molecule has 2 heterocycles. The fraction of sp³-hybridized carbons (Fsp3) is 0.455. The van der Waals surface area contributed by atoms with E-state index >= 15 is 0 Å². The summed E-state index contributed by atoms with van der Waals surface area (Å²) in [6, 6.07) is 3.22. The number of aliphatic hydroxyl groups excluding tert-OH is 1. The molecule has 1 atom stereocenters. The molecule has 0 aromatic carbocycles. The Morgan fingerprint density at radius 1 is 1.69 bits per heavy atom. The van der Waals surface area contributed by atoms with Crippen LogP contribution in [0.2, 0.25) is 5.15 Å². The summed E-state index contributed by atoms with van der Waals surface area (Å²) in [4.78, 5) is 17.6. The molecular formula is C11H13ClN2O2. The summed E-state index contributed by atoms with van der Waals surface area (Å²) in [6.45, 7) is 1.46. The number of carbonyl (C=O) groups is 1. The number of halogens is 1. The SMILES string of the molecule is O=C(c1ccnc(Cl)c1)N1CC[C@H](CO)C1. The van der Waals surface area contributed by atoms with Crippen molar-refractivity contribution in [2.24, 2.45) is 5.92 Å². The molecule has 1 fully saturated rings. The van der Waals surface area contributed by atoms with Crippen LogP contribution in [0, 0.1) is 5.92 Å².